The molecule has 0 radical (unpaired) electrons. The summed E-state index contributed by atoms with van der Waals surface area (Å²) in [7, 11) is 0. The van der Waals surface area contributed by atoms with E-state index in [9.17, 15) is 0 Å². The molecule has 104 valence electrons. The first-order valence-electron chi connectivity index (χ1n) is 6.25. The third-order valence-electron chi connectivity index (χ3n) is 2.75. The highest BCUT2D eigenvalue weighted by Crippen LogP contribution is 2.22. The summed E-state index contributed by atoms with van der Waals surface area (Å²) in [6.07, 6.45) is 2.59. The zero-order valence-corrected chi connectivity index (χ0v) is 11.4. The van der Waals surface area contributed by atoms with Crippen LogP contribution >= 0.6 is 0 Å². The van der Waals surface area contributed by atoms with Crippen molar-refractivity contribution in [3.8, 4) is 11.5 Å². The van der Waals surface area contributed by atoms with Crippen LogP contribution in [0, 0.1) is 6.92 Å². The van der Waals surface area contributed by atoms with Gasteiger partial charge < -0.3 is 15.0 Å². The van der Waals surface area contributed by atoms with E-state index in [0.29, 0.717) is 24.9 Å². The molecular weight excluding hydrogens is 246 g/mol. The van der Waals surface area contributed by atoms with E-state index in [4.69, 9.17) is 15.0 Å². The predicted octanol–water partition coefficient (Wildman–Crippen LogP) is 1.37. The molecule has 7 heteroatoms. The number of aryl methyl sites for hydroxylation is 1. The Kier molecular flexibility index (Phi) is 3.96. The van der Waals surface area contributed by atoms with Crippen LogP contribution in [0.4, 0.5) is 0 Å². The van der Waals surface area contributed by atoms with Crippen LogP contribution in [0.15, 0.2) is 10.7 Å². The second-order valence-corrected chi connectivity index (χ2v) is 4.80. The minimum absolute atomic E-state index is 0.351. The molecule has 2 aromatic heterocycles. The molecule has 19 heavy (non-hydrogen) atoms. The number of ether oxygens (including phenoxy) is 1. The lowest BCUT2D eigenvalue weighted by Gasteiger charge is -2.19. The Morgan fingerprint density at radius 2 is 2.32 bits per heavy atom. The maximum absolute atomic E-state index is 6.15. The molecule has 0 fully saturated rings. The van der Waals surface area contributed by atoms with Crippen molar-refractivity contribution in [1.82, 2.24) is 20.3 Å². The van der Waals surface area contributed by atoms with Crippen LogP contribution in [0.5, 0.6) is 0 Å². The SMILES string of the molecule is CCCOCC(C)(N)c1noc(-c2cn[nH]c2C)n1. The number of hydrogen-bond donors (Lipinski definition) is 2. The van der Waals surface area contributed by atoms with Crippen LogP contribution in [0.1, 0.15) is 31.8 Å². The van der Waals surface area contributed by atoms with Crippen LogP contribution in [0.3, 0.4) is 0 Å². The first-order chi connectivity index (χ1) is 9.04. The molecule has 7 nitrogen and oxygen atoms in total. The van der Waals surface area contributed by atoms with Gasteiger partial charge >= 0.3 is 0 Å². The number of nitrogens with one attached hydrogen (secondary N) is 1. The molecule has 0 amide bonds. The van der Waals surface area contributed by atoms with Crippen molar-refractivity contribution in [2.75, 3.05) is 13.2 Å². The minimum atomic E-state index is -0.769. The first kappa shape index (κ1) is 13.7. The van der Waals surface area contributed by atoms with E-state index in [1.54, 1.807) is 6.20 Å². The second-order valence-electron chi connectivity index (χ2n) is 4.80. The summed E-state index contributed by atoms with van der Waals surface area (Å²) in [5.41, 5.74) is 7.03. The predicted molar refractivity (Wildman–Crippen MR) is 69.3 cm³/mol. The zero-order valence-electron chi connectivity index (χ0n) is 11.4. The van der Waals surface area contributed by atoms with Gasteiger partial charge in [0, 0.05) is 12.3 Å². The average Bonchev–Trinajstić information content (AvgIpc) is 2.97. The molecule has 2 heterocycles. The van der Waals surface area contributed by atoms with Gasteiger partial charge in [-0.15, -0.1) is 0 Å². The Bertz CT molecular complexity index is 532. The summed E-state index contributed by atoms with van der Waals surface area (Å²) >= 11 is 0. The lowest BCUT2D eigenvalue weighted by atomic mass is 10.1. The molecular formula is C12H19N5O2. The lowest BCUT2D eigenvalue weighted by Crippen LogP contribution is -2.39. The van der Waals surface area contributed by atoms with Crippen LogP contribution in [0.25, 0.3) is 11.5 Å². The van der Waals surface area contributed by atoms with Crippen molar-refractivity contribution in [1.29, 1.82) is 0 Å². The molecule has 0 bridgehead atoms. The highest BCUT2D eigenvalue weighted by atomic mass is 16.5. The van der Waals surface area contributed by atoms with Gasteiger partial charge in [0.2, 0.25) is 0 Å². The summed E-state index contributed by atoms with van der Waals surface area (Å²) in [4.78, 5) is 4.32. The third-order valence-corrected chi connectivity index (χ3v) is 2.75. The summed E-state index contributed by atoms with van der Waals surface area (Å²) in [6.45, 7) is 6.77. The number of rotatable bonds is 6. The van der Waals surface area contributed by atoms with Gasteiger partial charge in [0.05, 0.1) is 18.4 Å². The highest BCUT2D eigenvalue weighted by molar-refractivity contribution is 5.54. The topological polar surface area (TPSA) is 103 Å². The summed E-state index contributed by atoms with van der Waals surface area (Å²) < 4.78 is 10.7. The lowest BCUT2D eigenvalue weighted by molar-refractivity contribution is 0.0867. The molecule has 0 saturated carbocycles. The van der Waals surface area contributed by atoms with E-state index < -0.39 is 5.54 Å². The van der Waals surface area contributed by atoms with Crippen molar-refractivity contribution in [3.05, 3.63) is 17.7 Å². The van der Waals surface area contributed by atoms with Gasteiger partial charge in [-0.3, -0.25) is 5.10 Å². The Balaban J connectivity index is 2.14. The zero-order chi connectivity index (χ0) is 13.9. The smallest absolute Gasteiger partial charge is 0.261 e. The molecule has 0 aromatic carbocycles. The largest absolute Gasteiger partial charge is 0.379 e. The number of aromatic nitrogens is 4. The maximum Gasteiger partial charge on any atom is 0.261 e. The van der Waals surface area contributed by atoms with Crippen LogP contribution in [-0.4, -0.2) is 33.6 Å². The van der Waals surface area contributed by atoms with E-state index in [0.717, 1.165) is 17.7 Å². The van der Waals surface area contributed by atoms with E-state index >= 15 is 0 Å². The van der Waals surface area contributed by atoms with Crippen molar-refractivity contribution < 1.29 is 9.26 Å². The van der Waals surface area contributed by atoms with E-state index in [-0.39, 0.29) is 0 Å². The fourth-order valence-electron chi connectivity index (χ4n) is 1.62. The van der Waals surface area contributed by atoms with E-state index in [2.05, 4.69) is 20.3 Å². The third kappa shape index (κ3) is 2.99. The number of hydrogen-bond acceptors (Lipinski definition) is 6. The molecule has 0 aliphatic heterocycles. The van der Waals surface area contributed by atoms with Crippen molar-refractivity contribution >= 4 is 0 Å². The van der Waals surface area contributed by atoms with Crippen molar-refractivity contribution in [3.63, 3.8) is 0 Å². The van der Waals surface area contributed by atoms with Crippen LogP contribution < -0.4 is 5.73 Å². The fraction of sp³-hybridized carbons (Fsp3) is 0.583. The Morgan fingerprint density at radius 1 is 1.53 bits per heavy atom. The molecule has 1 atom stereocenters. The molecule has 3 N–H and O–H groups in total. The summed E-state index contributed by atoms with van der Waals surface area (Å²) in [5, 5.41) is 10.7. The van der Waals surface area contributed by atoms with Gasteiger partial charge in [-0.1, -0.05) is 12.1 Å². The molecule has 0 saturated heterocycles. The van der Waals surface area contributed by atoms with E-state index in [1.807, 2.05) is 20.8 Å². The van der Waals surface area contributed by atoms with Crippen LogP contribution in [-0.2, 0) is 10.3 Å². The van der Waals surface area contributed by atoms with Gasteiger partial charge in [-0.05, 0) is 20.3 Å². The molecule has 2 aromatic rings. The number of aromatic amines is 1. The average molecular weight is 265 g/mol. The quantitative estimate of drug-likeness (QED) is 0.764. The molecule has 2 rings (SSSR count). The molecule has 0 aliphatic carbocycles. The minimum Gasteiger partial charge on any atom is -0.379 e. The van der Waals surface area contributed by atoms with Gasteiger partial charge in [-0.2, -0.15) is 10.1 Å². The highest BCUT2D eigenvalue weighted by Gasteiger charge is 2.28. The molecule has 0 aliphatic rings. The van der Waals surface area contributed by atoms with Crippen LogP contribution in [0.2, 0.25) is 0 Å². The Labute approximate surface area is 111 Å². The number of H-pyrrole nitrogens is 1. The molecule has 1 unspecified atom stereocenters. The standard InChI is InChI=1S/C12H19N5O2/c1-4-5-18-7-12(3,13)11-15-10(19-17-11)9-6-14-16-8(9)2/h6H,4-5,7,13H2,1-3H3,(H,14,16). The van der Waals surface area contributed by atoms with Crippen molar-refractivity contribution in [2.45, 2.75) is 32.7 Å². The summed E-state index contributed by atoms with van der Waals surface area (Å²) in [5.74, 6) is 0.840. The van der Waals surface area contributed by atoms with Crippen molar-refractivity contribution in [2.24, 2.45) is 5.73 Å². The number of nitrogens with zero attached hydrogens (tertiary/aromatic N) is 3. The fourth-order valence-corrected chi connectivity index (χ4v) is 1.62. The monoisotopic (exact) mass is 265 g/mol. The maximum atomic E-state index is 6.15. The second kappa shape index (κ2) is 5.50. The van der Waals surface area contributed by atoms with Gasteiger partial charge in [0.15, 0.2) is 5.82 Å². The van der Waals surface area contributed by atoms with E-state index in [1.165, 1.54) is 0 Å². The van der Waals surface area contributed by atoms with Gasteiger partial charge in [0.25, 0.3) is 5.89 Å². The molecule has 0 spiro atoms. The number of nitrogens with two attached hydrogens (primary N) is 1. The summed E-state index contributed by atoms with van der Waals surface area (Å²) in [6, 6.07) is 0. The Hall–Kier alpha value is -1.73. The first-order valence-corrected chi connectivity index (χ1v) is 6.25. The van der Waals surface area contributed by atoms with Gasteiger partial charge in [0.1, 0.15) is 5.54 Å². The van der Waals surface area contributed by atoms with Gasteiger partial charge in [-0.25, -0.2) is 0 Å². The normalized spacial score (nSPS) is 14.5. The Morgan fingerprint density at radius 3 is 2.95 bits per heavy atom.